The van der Waals surface area contributed by atoms with Gasteiger partial charge in [-0.05, 0) is 6.42 Å². The summed E-state index contributed by atoms with van der Waals surface area (Å²) in [5.41, 5.74) is 0. The van der Waals surface area contributed by atoms with Crippen LogP contribution in [0.3, 0.4) is 0 Å². The monoisotopic (exact) mass is 226 g/mol. The molecule has 2 aliphatic heterocycles. The van der Waals surface area contributed by atoms with Gasteiger partial charge >= 0.3 is 0 Å². The molecule has 16 heavy (non-hydrogen) atoms. The Bertz CT molecular complexity index is 287. The lowest BCUT2D eigenvalue weighted by molar-refractivity contribution is -0.135. The minimum atomic E-state index is 0.0507. The number of carbonyl (C=O) groups is 2. The van der Waals surface area contributed by atoms with E-state index >= 15 is 0 Å². The quantitative estimate of drug-likeness (QED) is 0.642. The Morgan fingerprint density at radius 1 is 1.50 bits per heavy atom. The lowest BCUT2D eigenvalue weighted by Gasteiger charge is -2.31. The Balaban J connectivity index is 1.81. The molecule has 0 bridgehead atoms. The van der Waals surface area contributed by atoms with Crippen molar-refractivity contribution in [1.29, 1.82) is 0 Å². The number of Topliss-reactive ketones (excluding diaryl/α,β-unsaturated/α-hetero) is 1. The lowest BCUT2D eigenvalue weighted by atomic mass is 10.0. The number of carbonyl (C=O) groups excluding carboxylic acids is 2. The topological polar surface area (TPSA) is 49.9 Å². The van der Waals surface area contributed by atoms with Crippen LogP contribution in [0.5, 0.6) is 0 Å². The summed E-state index contributed by atoms with van der Waals surface area (Å²) in [6.45, 7) is 3.52. The fourth-order valence-electron chi connectivity index (χ4n) is 2.08. The zero-order chi connectivity index (χ0) is 11.5. The van der Waals surface area contributed by atoms with E-state index in [1.165, 1.54) is 0 Å². The molecule has 1 atom stereocenters. The SMILES string of the molecule is CN1CCN(CC(=O)C2CCOC2)CC1=O. The number of ketones is 1. The van der Waals surface area contributed by atoms with Crippen LogP contribution < -0.4 is 0 Å². The zero-order valence-corrected chi connectivity index (χ0v) is 9.65. The Kier molecular flexibility index (Phi) is 3.56. The van der Waals surface area contributed by atoms with Gasteiger partial charge in [0.15, 0.2) is 5.78 Å². The van der Waals surface area contributed by atoms with Crippen LogP contribution in [-0.4, -0.2) is 67.9 Å². The molecule has 0 radical (unpaired) electrons. The molecule has 2 aliphatic rings. The minimum Gasteiger partial charge on any atom is -0.381 e. The van der Waals surface area contributed by atoms with Gasteiger partial charge in [-0.3, -0.25) is 14.5 Å². The second kappa shape index (κ2) is 4.93. The third-order valence-corrected chi connectivity index (χ3v) is 3.30. The molecule has 2 saturated heterocycles. The van der Waals surface area contributed by atoms with E-state index in [0.29, 0.717) is 32.8 Å². The number of hydrogen-bond donors (Lipinski definition) is 0. The first kappa shape index (κ1) is 11.5. The third-order valence-electron chi connectivity index (χ3n) is 3.30. The first-order chi connectivity index (χ1) is 7.66. The highest BCUT2D eigenvalue weighted by molar-refractivity contribution is 5.85. The Labute approximate surface area is 95.3 Å². The molecule has 0 aromatic heterocycles. The summed E-state index contributed by atoms with van der Waals surface area (Å²) in [5, 5.41) is 0. The van der Waals surface area contributed by atoms with Crippen molar-refractivity contribution in [3.63, 3.8) is 0 Å². The maximum Gasteiger partial charge on any atom is 0.236 e. The molecule has 2 fully saturated rings. The fraction of sp³-hybridized carbons (Fsp3) is 0.818. The summed E-state index contributed by atoms with van der Waals surface area (Å²) in [6, 6.07) is 0. The largest absolute Gasteiger partial charge is 0.381 e. The average molecular weight is 226 g/mol. The van der Waals surface area contributed by atoms with Crippen LogP contribution in [0.4, 0.5) is 0 Å². The van der Waals surface area contributed by atoms with Gasteiger partial charge in [-0.1, -0.05) is 0 Å². The maximum absolute atomic E-state index is 11.9. The molecular formula is C11H18N2O3. The standard InChI is InChI=1S/C11H18N2O3/c1-12-3-4-13(7-11(12)15)6-10(14)9-2-5-16-8-9/h9H,2-8H2,1H3. The smallest absolute Gasteiger partial charge is 0.236 e. The van der Waals surface area contributed by atoms with E-state index in [0.717, 1.165) is 13.0 Å². The first-order valence-corrected chi connectivity index (χ1v) is 5.73. The Hall–Kier alpha value is -0.940. The van der Waals surface area contributed by atoms with Crippen LogP contribution in [0.1, 0.15) is 6.42 Å². The van der Waals surface area contributed by atoms with Crippen molar-refractivity contribution in [2.45, 2.75) is 6.42 Å². The van der Waals surface area contributed by atoms with Gasteiger partial charge in [-0.15, -0.1) is 0 Å². The number of piperazine rings is 1. The molecule has 1 amide bonds. The van der Waals surface area contributed by atoms with Gasteiger partial charge in [-0.25, -0.2) is 0 Å². The predicted octanol–water partition coefficient (Wildman–Crippen LogP) is -0.634. The van der Waals surface area contributed by atoms with Crippen molar-refractivity contribution in [3.8, 4) is 0 Å². The molecule has 0 aromatic carbocycles. The molecule has 0 spiro atoms. The summed E-state index contributed by atoms with van der Waals surface area (Å²) in [4.78, 5) is 27.0. The van der Waals surface area contributed by atoms with Gasteiger partial charge < -0.3 is 9.64 Å². The summed E-state index contributed by atoms with van der Waals surface area (Å²) < 4.78 is 5.19. The Morgan fingerprint density at radius 3 is 2.94 bits per heavy atom. The van der Waals surface area contributed by atoms with Crippen LogP contribution in [0.2, 0.25) is 0 Å². The summed E-state index contributed by atoms with van der Waals surface area (Å²) in [7, 11) is 1.80. The summed E-state index contributed by atoms with van der Waals surface area (Å²) in [5.74, 6) is 0.367. The van der Waals surface area contributed by atoms with Crippen molar-refractivity contribution < 1.29 is 14.3 Å². The van der Waals surface area contributed by atoms with Crippen LogP contribution >= 0.6 is 0 Å². The van der Waals surface area contributed by atoms with Gasteiger partial charge in [0.05, 0.1) is 19.7 Å². The molecule has 0 N–H and O–H groups in total. The molecule has 5 nitrogen and oxygen atoms in total. The van der Waals surface area contributed by atoms with Gasteiger partial charge in [-0.2, -0.15) is 0 Å². The highest BCUT2D eigenvalue weighted by Crippen LogP contribution is 2.14. The van der Waals surface area contributed by atoms with E-state index in [9.17, 15) is 9.59 Å². The molecule has 1 unspecified atom stereocenters. The van der Waals surface area contributed by atoms with E-state index in [1.54, 1.807) is 11.9 Å². The van der Waals surface area contributed by atoms with Crippen LogP contribution in [0.15, 0.2) is 0 Å². The van der Waals surface area contributed by atoms with E-state index in [1.807, 2.05) is 4.90 Å². The minimum absolute atomic E-state index is 0.0507. The molecule has 0 aliphatic carbocycles. The highest BCUT2D eigenvalue weighted by atomic mass is 16.5. The van der Waals surface area contributed by atoms with Crippen molar-refractivity contribution in [1.82, 2.24) is 9.80 Å². The number of rotatable bonds is 3. The Morgan fingerprint density at radius 2 is 2.31 bits per heavy atom. The maximum atomic E-state index is 11.9. The zero-order valence-electron chi connectivity index (χ0n) is 9.65. The summed E-state index contributed by atoms with van der Waals surface area (Å²) in [6.07, 6.45) is 0.834. The molecule has 2 heterocycles. The molecular weight excluding hydrogens is 208 g/mol. The predicted molar refractivity (Wildman–Crippen MR) is 58.0 cm³/mol. The lowest BCUT2D eigenvalue weighted by Crippen LogP contribution is -2.50. The molecule has 2 rings (SSSR count). The molecule has 0 saturated carbocycles. The number of likely N-dealkylation sites (N-methyl/N-ethyl adjacent to an activating group) is 1. The molecule has 5 heteroatoms. The molecule has 90 valence electrons. The molecule has 0 aromatic rings. The van der Waals surface area contributed by atoms with Gasteiger partial charge in [0.2, 0.25) is 5.91 Å². The number of ether oxygens (including phenoxy) is 1. The van der Waals surface area contributed by atoms with E-state index in [2.05, 4.69) is 0 Å². The van der Waals surface area contributed by atoms with Crippen molar-refractivity contribution in [3.05, 3.63) is 0 Å². The van der Waals surface area contributed by atoms with Crippen molar-refractivity contribution in [2.24, 2.45) is 5.92 Å². The van der Waals surface area contributed by atoms with Gasteiger partial charge in [0, 0.05) is 32.7 Å². The normalized spacial score (nSPS) is 27.4. The van der Waals surface area contributed by atoms with Gasteiger partial charge in [0.25, 0.3) is 0 Å². The van der Waals surface area contributed by atoms with E-state index in [4.69, 9.17) is 4.74 Å². The van der Waals surface area contributed by atoms with Gasteiger partial charge in [0.1, 0.15) is 0 Å². The van der Waals surface area contributed by atoms with Crippen LogP contribution in [0, 0.1) is 5.92 Å². The first-order valence-electron chi connectivity index (χ1n) is 5.73. The average Bonchev–Trinajstić information content (AvgIpc) is 2.77. The second-order valence-corrected chi connectivity index (χ2v) is 4.55. The summed E-state index contributed by atoms with van der Waals surface area (Å²) >= 11 is 0. The third kappa shape index (κ3) is 2.59. The fourth-order valence-corrected chi connectivity index (χ4v) is 2.08. The van der Waals surface area contributed by atoms with Crippen LogP contribution in [0.25, 0.3) is 0 Å². The second-order valence-electron chi connectivity index (χ2n) is 4.55. The van der Waals surface area contributed by atoms with E-state index in [-0.39, 0.29) is 17.6 Å². The highest BCUT2D eigenvalue weighted by Gasteiger charge is 2.27. The van der Waals surface area contributed by atoms with E-state index < -0.39 is 0 Å². The number of nitrogens with zero attached hydrogens (tertiary/aromatic N) is 2. The number of amides is 1. The number of hydrogen-bond acceptors (Lipinski definition) is 4. The van der Waals surface area contributed by atoms with Crippen molar-refractivity contribution >= 4 is 11.7 Å². The van der Waals surface area contributed by atoms with Crippen LogP contribution in [-0.2, 0) is 14.3 Å². The van der Waals surface area contributed by atoms with Crippen molar-refractivity contribution in [2.75, 3.05) is 46.4 Å².